The molecular formula is C21H17N2Se+. The molecule has 2 heterocycles. The van der Waals surface area contributed by atoms with Gasteiger partial charge in [0.05, 0.1) is 0 Å². The second-order valence-electron chi connectivity index (χ2n) is 6.21. The second kappa shape index (κ2) is 5.60. The molecule has 0 N–H and O–H groups in total. The van der Waals surface area contributed by atoms with Crippen molar-refractivity contribution < 1.29 is 4.57 Å². The summed E-state index contributed by atoms with van der Waals surface area (Å²) in [5.41, 5.74) is 5.77. The molecule has 0 unspecified atom stereocenters. The molecular weight excluding hydrogens is 359 g/mol. The first-order valence-electron chi connectivity index (χ1n) is 7.91. The van der Waals surface area contributed by atoms with E-state index in [-0.39, 0.29) is 14.5 Å². The third kappa shape index (κ3) is 2.19. The summed E-state index contributed by atoms with van der Waals surface area (Å²) in [4.78, 5) is 0. The second-order valence-corrected chi connectivity index (χ2v) is 8.42. The van der Waals surface area contributed by atoms with Gasteiger partial charge in [-0.15, -0.1) is 0 Å². The van der Waals surface area contributed by atoms with E-state index in [0.29, 0.717) is 0 Å². The van der Waals surface area contributed by atoms with Crippen molar-refractivity contribution in [1.82, 2.24) is 0 Å². The third-order valence-electron chi connectivity index (χ3n) is 4.63. The molecule has 0 saturated heterocycles. The van der Waals surface area contributed by atoms with Gasteiger partial charge in [-0.05, 0) is 0 Å². The molecule has 0 spiro atoms. The molecule has 0 atom stereocenters. The summed E-state index contributed by atoms with van der Waals surface area (Å²) < 4.78 is 4.95. The Balaban J connectivity index is 2.15. The summed E-state index contributed by atoms with van der Waals surface area (Å²) in [6, 6.07) is 17.4. The van der Waals surface area contributed by atoms with E-state index in [1.54, 1.807) is 0 Å². The van der Waals surface area contributed by atoms with E-state index in [1.807, 2.05) is 6.92 Å². The van der Waals surface area contributed by atoms with Crippen LogP contribution in [0.15, 0.2) is 48.7 Å². The standard InChI is InChI=1S/C21H17N2Se/c1-13-7-8-16-17-10-14(2)15(12-22)11-19(17)24-21(16)20(13)18-6-4-5-9-23(18)3/h4-11H,1-3H3/q+1. The van der Waals surface area contributed by atoms with E-state index >= 15 is 0 Å². The Bertz CT molecular complexity index is 1150. The van der Waals surface area contributed by atoms with E-state index in [1.165, 1.54) is 36.1 Å². The van der Waals surface area contributed by atoms with Gasteiger partial charge < -0.3 is 0 Å². The Labute approximate surface area is 147 Å². The van der Waals surface area contributed by atoms with E-state index < -0.39 is 0 Å². The Hall–Kier alpha value is -2.40. The average Bonchev–Trinajstić information content (AvgIpc) is 2.92. The first-order valence-corrected chi connectivity index (χ1v) is 9.63. The van der Waals surface area contributed by atoms with Gasteiger partial charge in [-0.25, -0.2) is 0 Å². The van der Waals surface area contributed by atoms with Crippen LogP contribution in [0.2, 0.25) is 0 Å². The first kappa shape index (κ1) is 15.1. The minimum atomic E-state index is 0.230. The molecule has 0 saturated carbocycles. The summed E-state index contributed by atoms with van der Waals surface area (Å²) >= 11 is 0.230. The Morgan fingerprint density at radius 1 is 1.00 bits per heavy atom. The van der Waals surface area contributed by atoms with Crippen LogP contribution in [0.4, 0.5) is 0 Å². The van der Waals surface area contributed by atoms with Crippen molar-refractivity contribution in [1.29, 1.82) is 5.26 Å². The molecule has 116 valence electrons. The zero-order chi connectivity index (χ0) is 16.8. The summed E-state index contributed by atoms with van der Waals surface area (Å²) in [6.07, 6.45) is 2.10. The number of fused-ring (bicyclic) bond motifs is 3. The van der Waals surface area contributed by atoms with Crippen LogP contribution in [0, 0.1) is 25.2 Å². The molecule has 0 fully saturated rings. The molecule has 0 aliphatic rings. The number of hydrogen-bond acceptors (Lipinski definition) is 1. The molecule has 0 bridgehead atoms. The summed E-state index contributed by atoms with van der Waals surface area (Å²) in [5, 5.41) is 12.0. The van der Waals surface area contributed by atoms with Crippen LogP contribution in [-0.2, 0) is 7.05 Å². The molecule has 0 amide bonds. The molecule has 2 aromatic carbocycles. The molecule has 3 heteroatoms. The van der Waals surface area contributed by atoms with Gasteiger partial charge in [0.1, 0.15) is 0 Å². The zero-order valence-electron chi connectivity index (χ0n) is 13.9. The Morgan fingerprint density at radius 3 is 2.58 bits per heavy atom. The number of rotatable bonds is 1. The zero-order valence-corrected chi connectivity index (χ0v) is 15.6. The van der Waals surface area contributed by atoms with Gasteiger partial charge in [-0.2, -0.15) is 0 Å². The van der Waals surface area contributed by atoms with Gasteiger partial charge in [0, 0.05) is 0 Å². The van der Waals surface area contributed by atoms with Gasteiger partial charge in [-0.1, -0.05) is 0 Å². The molecule has 2 nitrogen and oxygen atoms in total. The fraction of sp³-hybridized carbons (Fsp3) is 0.143. The normalized spacial score (nSPS) is 11.1. The SMILES string of the molecule is Cc1cc2c(cc1C#N)[se]c1c(-c3cccc[n+]3C)c(C)ccc12. The molecule has 24 heavy (non-hydrogen) atoms. The van der Waals surface area contributed by atoms with Crippen molar-refractivity contribution in [2.75, 3.05) is 0 Å². The predicted molar refractivity (Wildman–Crippen MR) is 99.2 cm³/mol. The number of hydrogen-bond donors (Lipinski definition) is 0. The van der Waals surface area contributed by atoms with Crippen LogP contribution >= 0.6 is 0 Å². The van der Waals surface area contributed by atoms with Crippen LogP contribution < -0.4 is 4.57 Å². The fourth-order valence-electron chi connectivity index (χ4n) is 3.31. The molecule has 0 aliphatic carbocycles. The van der Waals surface area contributed by atoms with Crippen LogP contribution in [0.3, 0.4) is 0 Å². The third-order valence-corrected chi connectivity index (χ3v) is 7.11. The van der Waals surface area contributed by atoms with Gasteiger partial charge >= 0.3 is 147 Å². The van der Waals surface area contributed by atoms with E-state index in [2.05, 4.69) is 73.3 Å². The number of nitriles is 1. The maximum atomic E-state index is 9.33. The number of benzene rings is 2. The van der Waals surface area contributed by atoms with Crippen LogP contribution in [0.5, 0.6) is 0 Å². The molecule has 4 rings (SSSR count). The Kier molecular flexibility index (Phi) is 3.53. The van der Waals surface area contributed by atoms with Crippen molar-refractivity contribution >= 4 is 33.8 Å². The van der Waals surface area contributed by atoms with Gasteiger partial charge in [0.15, 0.2) is 0 Å². The average molecular weight is 376 g/mol. The monoisotopic (exact) mass is 377 g/mol. The number of pyridine rings is 1. The number of aromatic nitrogens is 1. The van der Waals surface area contributed by atoms with Gasteiger partial charge in [0.2, 0.25) is 0 Å². The van der Waals surface area contributed by atoms with Crippen molar-refractivity contribution in [2.24, 2.45) is 7.05 Å². The first-order chi connectivity index (χ1) is 11.6. The van der Waals surface area contributed by atoms with Crippen LogP contribution in [-0.4, -0.2) is 14.5 Å². The predicted octanol–water partition coefficient (Wildman–Crippen LogP) is 4.03. The number of aryl methyl sites for hydroxylation is 3. The van der Waals surface area contributed by atoms with Crippen molar-refractivity contribution in [3.63, 3.8) is 0 Å². The van der Waals surface area contributed by atoms with E-state index in [4.69, 9.17) is 0 Å². The molecule has 0 aliphatic heterocycles. The maximum absolute atomic E-state index is 9.33. The van der Waals surface area contributed by atoms with Crippen molar-refractivity contribution in [3.8, 4) is 17.3 Å². The van der Waals surface area contributed by atoms with Crippen molar-refractivity contribution in [2.45, 2.75) is 13.8 Å². The molecule has 0 radical (unpaired) electrons. The van der Waals surface area contributed by atoms with Crippen LogP contribution in [0.1, 0.15) is 16.7 Å². The van der Waals surface area contributed by atoms with Crippen LogP contribution in [0.25, 0.3) is 30.6 Å². The summed E-state index contributed by atoms with van der Waals surface area (Å²) in [7, 11) is 2.10. The topological polar surface area (TPSA) is 27.7 Å². The minimum absolute atomic E-state index is 0.230. The number of nitrogens with zero attached hydrogens (tertiary/aromatic N) is 2. The van der Waals surface area contributed by atoms with E-state index in [0.717, 1.165) is 11.1 Å². The Morgan fingerprint density at radius 2 is 1.83 bits per heavy atom. The van der Waals surface area contributed by atoms with Crippen molar-refractivity contribution in [3.05, 3.63) is 65.4 Å². The fourth-order valence-corrected chi connectivity index (χ4v) is 6.11. The quantitative estimate of drug-likeness (QED) is 0.364. The van der Waals surface area contributed by atoms with Gasteiger partial charge in [0.25, 0.3) is 0 Å². The van der Waals surface area contributed by atoms with Gasteiger partial charge in [-0.3, -0.25) is 0 Å². The molecule has 2 aromatic heterocycles. The summed E-state index contributed by atoms with van der Waals surface area (Å²) in [6.45, 7) is 4.21. The van der Waals surface area contributed by atoms with E-state index in [9.17, 15) is 5.26 Å². The summed E-state index contributed by atoms with van der Waals surface area (Å²) in [5.74, 6) is 0. The molecule has 4 aromatic rings.